The SMILES string of the molecule is Cc1ccc2[nH]n3c(=O)cc(C4CCNCC4)nc3c2c1. The monoisotopic (exact) mass is 282 g/mol. The summed E-state index contributed by atoms with van der Waals surface area (Å²) in [5.41, 5.74) is 3.78. The van der Waals surface area contributed by atoms with Crippen LogP contribution >= 0.6 is 0 Å². The third-order valence-electron chi connectivity index (χ3n) is 4.34. The molecule has 0 unspecified atom stereocenters. The third kappa shape index (κ3) is 2.05. The first-order valence-corrected chi connectivity index (χ1v) is 7.45. The van der Waals surface area contributed by atoms with Crippen molar-refractivity contribution in [2.75, 3.05) is 13.1 Å². The maximum atomic E-state index is 12.4. The summed E-state index contributed by atoms with van der Waals surface area (Å²) < 4.78 is 1.55. The molecule has 5 nitrogen and oxygen atoms in total. The molecule has 0 aliphatic carbocycles. The maximum absolute atomic E-state index is 12.4. The van der Waals surface area contributed by atoms with Crippen LogP contribution in [-0.2, 0) is 0 Å². The second kappa shape index (κ2) is 4.70. The summed E-state index contributed by atoms with van der Waals surface area (Å²) in [4.78, 5) is 17.2. The number of benzene rings is 1. The fourth-order valence-electron chi connectivity index (χ4n) is 3.18. The fraction of sp³-hybridized carbons (Fsp3) is 0.375. The van der Waals surface area contributed by atoms with Crippen molar-refractivity contribution < 1.29 is 0 Å². The number of aryl methyl sites for hydroxylation is 1. The molecule has 3 aromatic rings. The molecule has 5 heteroatoms. The topological polar surface area (TPSA) is 62.2 Å². The minimum atomic E-state index is -0.0256. The number of piperidine rings is 1. The molecular formula is C16H18N4O. The first-order chi connectivity index (χ1) is 10.2. The molecule has 4 rings (SSSR count). The molecular weight excluding hydrogens is 264 g/mol. The highest BCUT2D eigenvalue weighted by Crippen LogP contribution is 2.25. The number of aromatic nitrogens is 3. The van der Waals surface area contributed by atoms with Gasteiger partial charge in [0, 0.05) is 17.4 Å². The number of nitrogens with zero attached hydrogens (tertiary/aromatic N) is 2. The average Bonchev–Trinajstić information content (AvgIpc) is 2.87. The van der Waals surface area contributed by atoms with E-state index in [1.165, 1.54) is 5.56 Å². The van der Waals surface area contributed by atoms with Crippen LogP contribution in [0.4, 0.5) is 0 Å². The van der Waals surface area contributed by atoms with E-state index in [4.69, 9.17) is 4.98 Å². The highest BCUT2D eigenvalue weighted by Gasteiger charge is 2.19. The van der Waals surface area contributed by atoms with Crippen molar-refractivity contribution in [3.05, 3.63) is 45.9 Å². The molecule has 0 amide bonds. The molecule has 0 radical (unpaired) electrons. The number of hydrogen-bond donors (Lipinski definition) is 2. The van der Waals surface area contributed by atoms with Crippen molar-refractivity contribution >= 4 is 16.6 Å². The second-order valence-electron chi connectivity index (χ2n) is 5.86. The van der Waals surface area contributed by atoms with Crippen LogP contribution in [0, 0.1) is 6.92 Å². The second-order valence-corrected chi connectivity index (χ2v) is 5.86. The molecule has 0 bridgehead atoms. The van der Waals surface area contributed by atoms with Gasteiger partial charge in [0.1, 0.15) is 0 Å². The minimum absolute atomic E-state index is 0.0256. The minimum Gasteiger partial charge on any atom is -0.317 e. The van der Waals surface area contributed by atoms with Crippen molar-refractivity contribution in [1.29, 1.82) is 0 Å². The molecule has 1 saturated heterocycles. The van der Waals surface area contributed by atoms with Gasteiger partial charge in [-0.3, -0.25) is 9.89 Å². The van der Waals surface area contributed by atoms with Gasteiger partial charge in [-0.05, 0) is 45.0 Å². The van der Waals surface area contributed by atoms with Gasteiger partial charge in [0.2, 0.25) is 0 Å². The Kier molecular flexibility index (Phi) is 2.82. The average molecular weight is 282 g/mol. The van der Waals surface area contributed by atoms with E-state index in [-0.39, 0.29) is 5.56 Å². The van der Waals surface area contributed by atoms with E-state index >= 15 is 0 Å². The number of hydrogen-bond acceptors (Lipinski definition) is 3. The summed E-state index contributed by atoms with van der Waals surface area (Å²) >= 11 is 0. The van der Waals surface area contributed by atoms with Crippen LogP contribution in [0.1, 0.15) is 30.0 Å². The van der Waals surface area contributed by atoms with Crippen molar-refractivity contribution in [2.24, 2.45) is 0 Å². The summed E-state index contributed by atoms with van der Waals surface area (Å²) in [5.74, 6) is 0.388. The highest BCUT2D eigenvalue weighted by molar-refractivity contribution is 5.92. The Morgan fingerprint density at radius 2 is 2.05 bits per heavy atom. The first-order valence-electron chi connectivity index (χ1n) is 7.45. The zero-order valence-corrected chi connectivity index (χ0v) is 12.0. The van der Waals surface area contributed by atoms with E-state index in [1.807, 2.05) is 12.1 Å². The summed E-state index contributed by atoms with van der Waals surface area (Å²) in [6, 6.07) is 7.81. The van der Waals surface area contributed by atoms with Crippen LogP contribution in [0.15, 0.2) is 29.1 Å². The van der Waals surface area contributed by atoms with E-state index in [0.29, 0.717) is 5.92 Å². The highest BCUT2D eigenvalue weighted by atomic mass is 16.1. The van der Waals surface area contributed by atoms with E-state index < -0.39 is 0 Å². The normalized spacial score (nSPS) is 16.8. The molecule has 108 valence electrons. The first kappa shape index (κ1) is 12.6. The molecule has 0 saturated carbocycles. The lowest BCUT2D eigenvalue weighted by atomic mass is 9.94. The van der Waals surface area contributed by atoms with Crippen LogP contribution < -0.4 is 10.9 Å². The van der Waals surface area contributed by atoms with E-state index in [2.05, 4.69) is 23.4 Å². The van der Waals surface area contributed by atoms with E-state index in [1.54, 1.807) is 10.6 Å². The fourth-order valence-corrected chi connectivity index (χ4v) is 3.18. The van der Waals surface area contributed by atoms with Crippen molar-refractivity contribution in [3.63, 3.8) is 0 Å². The Bertz CT molecular complexity index is 871. The number of rotatable bonds is 1. The standard InChI is InChI=1S/C16H18N4O/c1-10-2-3-13-12(8-10)16-18-14(9-15(21)20(16)19-13)11-4-6-17-7-5-11/h2-3,8-9,11,17,19H,4-7H2,1H3. The van der Waals surface area contributed by atoms with Crippen molar-refractivity contribution in [3.8, 4) is 0 Å². The van der Waals surface area contributed by atoms with Crippen LogP contribution in [0.3, 0.4) is 0 Å². The van der Waals surface area contributed by atoms with Crippen LogP contribution in [0.5, 0.6) is 0 Å². The zero-order chi connectivity index (χ0) is 14.4. The third-order valence-corrected chi connectivity index (χ3v) is 4.34. The lowest BCUT2D eigenvalue weighted by molar-refractivity contribution is 0.453. The summed E-state index contributed by atoms with van der Waals surface area (Å²) in [5, 5.41) is 7.50. The molecule has 1 aromatic carbocycles. The summed E-state index contributed by atoms with van der Waals surface area (Å²) in [7, 11) is 0. The van der Waals surface area contributed by atoms with Gasteiger partial charge in [0.25, 0.3) is 5.56 Å². The van der Waals surface area contributed by atoms with Gasteiger partial charge in [0.15, 0.2) is 5.65 Å². The molecule has 21 heavy (non-hydrogen) atoms. The smallest absolute Gasteiger partial charge is 0.272 e. The Morgan fingerprint density at radius 3 is 2.86 bits per heavy atom. The predicted molar refractivity (Wildman–Crippen MR) is 82.9 cm³/mol. The number of aromatic amines is 1. The molecule has 0 spiro atoms. The van der Waals surface area contributed by atoms with Crippen LogP contribution in [0.25, 0.3) is 16.6 Å². The van der Waals surface area contributed by atoms with Gasteiger partial charge in [-0.15, -0.1) is 0 Å². The number of nitrogens with one attached hydrogen (secondary N) is 2. The molecule has 2 N–H and O–H groups in total. The van der Waals surface area contributed by atoms with Gasteiger partial charge < -0.3 is 5.32 Å². The molecule has 0 atom stereocenters. The van der Waals surface area contributed by atoms with E-state index in [0.717, 1.165) is 48.2 Å². The van der Waals surface area contributed by atoms with Gasteiger partial charge >= 0.3 is 0 Å². The Morgan fingerprint density at radius 1 is 1.24 bits per heavy atom. The number of H-pyrrole nitrogens is 1. The lowest BCUT2D eigenvalue weighted by Gasteiger charge is -2.21. The molecule has 1 aliphatic heterocycles. The molecule has 3 heterocycles. The molecule has 2 aromatic heterocycles. The number of fused-ring (bicyclic) bond motifs is 3. The van der Waals surface area contributed by atoms with Crippen LogP contribution in [0.2, 0.25) is 0 Å². The zero-order valence-electron chi connectivity index (χ0n) is 12.0. The molecule has 1 fully saturated rings. The van der Waals surface area contributed by atoms with Gasteiger partial charge in [-0.1, -0.05) is 11.6 Å². The Hall–Kier alpha value is -2.14. The van der Waals surface area contributed by atoms with Gasteiger partial charge in [0.05, 0.1) is 11.2 Å². The Labute approximate surface area is 122 Å². The lowest BCUT2D eigenvalue weighted by Crippen LogP contribution is -2.28. The molecule has 1 aliphatic rings. The quantitative estimate of drug-likeness (QED) is 0.717. The largest absolute Gasteiger partial charge is 0.317 e. The van der Waals surface area contributed by atoms with Crippen molar-refractivity contribution in [1.82, 2.24) is 19.9 Å². The Balaban J connectivity index is 1.96. The van der Waals surface area contributed by atoms with E-state index in [9.17, 15) is 4.79 Å². The summed E-state index contributed by atoms with van der Waals surface area (Å²) in [6.45, 7) is 4.05. The maximum Gasteiger partial charge on any atom is 0.272 e. The predicted octanol–water partition coefficient (Wildman–Crippen LogP) is 1.95. The summed E-state index contributed by atoms with van der Waals surface area (Å²) in [6.07, 6.45) is 2.09. The van der Waals surface area contributed by atoms with Gasteiger partial charge in [-0.25, -0.2) is 9.50 Å². The van der Waals surface area contributed by atoms with Crippen molar-refractivity contribution in [2.45, 2.75) is 25.7 Å². The van der Waals surface area contributed by atoms with Crippen LogP contribution in [-0.4, -0.2) is 27.7 Å². The van der Waals surface area contributed by atoms with Gasteiger partial charge in [-0.2, -0.15) is 0 Å².